The summed E-state index contributed by atoms with van der Waals surface area (Å²) in [5, 5.41) is 13.5. The van der Waals surface area contributed by atoms with Crippen LogP contribution in [0.3, 0.4) is 0 Å². The van der Waals surface area contributed by atoms with Crippen molar-refractivity contribution in [2.75, 3.05) is 11.1 Å². The molecule has 0 unspecified atom stereocenters. The first kappa shape index (κ1) is 14.4. The van der Waals surface area contributed by atoms with Gasteiger partial charge in [0.25, 0.3) is 11.6 Å². The molecule has 0 radical (unpaired) electrons. The van der Waals surface area contributed by atoms with Crippen LogP contribution >= 0.6 is 0 Å². The minimum Gasteiger partial charge on any atom is -0.384 e. The highest BCUT2D eigenvalue weighted by molar-refractivity contribution is 6.04. The Morgan fingerprint density at radius 2 is 2.00 bits per heavy atom. The largest absolute Gasteiger partial charge is 0.384 e. The van der Waals surface area contributed by atoms with Crippen molar-refractivity contribution >= 4 is 23.1 Å². The van der Waals surface area contributed by atoms with Crippen LogP contribution in [0.4, 0.5) is 17.2 Å². The molecule has 1 amide bonds. The molecule has 7 nitrogen and oxygen atoms in total. The number of carbonyl (C=O) groups is 1. The Morgan fingerprint density at radius 1 is 1.29 bits per heavy atom. The lowest BCUT2D eigenvalue weighted by atomic mass is 10.1. The van der Waals surface area contributed by atoms with Crippen molar-refractivity contribution < 1.29 is 9.72 Å². The van der Waals surface area contributed by atoms with Crippen LogP contribution in [0.1, 0.15) is 21.6 Å². The zero-order chi connectivity index (χ0) is 15.6. The van der Waals surface area contributed by atoms with Crippen molar-refractivity contribution in [1.82, 2.24) is 4.98 Å². The molecule has 0 atom stereocenters. The third kappa shape index (κ3) is 3.33. The van der Waals surface area contributed by atoms with Gasteiger partial charge in [0.15, 0.2) is 0 Å². The van der Waals surface area contributed by atoms with Crippen LogP contribution in [0.2, 0.25) is 0 Å². The summed E-state index contributed by atoms with van der Waals surface area (Å²) in [5.41, 5.74) is 7.40. The van der Waals surface area contributed by atoms with Crippen molar-refractivity contribution in [1.29, 1.82) is 0 Å². The number of aromatic nitrogens is 1. The molecule has 0 bridgehead atoms. The van der Waals surface area contributed by atoms with Crippen LogP contribution < -0.4 is 11.1 Å². The Morgan fingerprint density at radius 3 is 2.62 bits per heavy atom. The lowest BCUT2D eigenvalue weighted by molar-refractivity contribution is -0.385. The average Bonchev–Trinajstić information content (AvgIpc) is 2.39. The molecule has 21 heavy (non-hydrogen) atoms. The van der Waals surface area contributed by atoms with Gasteiger partial charge in [-0.3, -0.25) is 14.9 Å². The van der Waals surface area contributed by atoms with Crippen LogP contribution in [-0.4, -0.2) is 15.8 Å². The predicted octanol–water partition coefficient (Wildman–Crippen LogP) is 2.44. The summed E-state index contributed by atoms with van der Waals surface area (Å²) in [5.74, 6) is -0.152. The summed E-state index contributed by atoms with van der Waals surface area (Å²) in [4.78, 5) is 26.5. The molecular weight excluding hydrogens is 272 g/mol. The number of amides is 1. The number of rotatable bonds is 3. The highest BCUT2D eigenvalue weighted by atomic mass is 16.6. The van der Waals surface area contributed by atoms with E-state index < -0.39 is 10.8 Å². The smallest absolute Gasteiger partial charge is 0.274 e. The quantitative estimate of drug-likeness (QED) is 0.665. The highest BCUT2D eigenvalue weighted by Crippen LogP contribution is 2.22. The number of nitrogens with zero attached hydrogens (tertiary/aromatic N) is 2. The summed E-state index contributed by atoms with van der Waals surface area (Å²) in [6.45, 7) is 3.36. The van der Waals surface area contributed by atoms with Gasteiger partial charge in [0.2, 0.25) is 0 Å². The molecular formula is C14H14N4O3. The molecule has 0 aliphatic heterocycles. The molecule has 1 aromatic carbocycles. The predicted molar refractivity (Wildman–Crippen MR) is 79.2 cm³/mol. The standard InChI is InChI=1S/C14H14N4O3/c1-8-3-4-11(7-12(8)18(20)21)17-14(19)10-5-9(2)16-13(15)6-10/h3-7H,1-2H3,(H2,15,16)(H,17,19). The molecule has 1 heterocycles. The normalized spacial score (nSPS) is 10.2. The Labute approximate surface area is 121 Å². The second kappa shape index (κ2) is 5.58. The van der Waals surface area contributed by atoms with Gasteiger partial charge in [0.1, 0.15) is 5.82 Å². The second-order valence-corrected chi connectivity index (χ2v) is 4.63. The van der Waals surface area contributed by atoms with E-state index in [1.54, 1.807) is 32.0 Å². The maximum atomic E-state index is 12.1. The fraction of sp³-hybridized carbons (Fsp3) is 0.143. The van der Waals surface area contributed by atoms with Gasteiger partial charge in [-0.15, -0.1) is 0 Å². The molecule has 7 heteroatoms. The van der Waals surface area contributed by atoms with Crippen molar-refractivity contribution in [3.8, 4) is 0 Å². The lowest BCUT2D eigenvalue weighted by Gasteiger charge is -2.07. The molecule has 0 aliphatic carbocycles. The van der Waals surface area contributed by atoms with Gasteiger partial charge in [-0.2, -0.15) is 0 Å². The number of carbonyl (C=O) groups excluding carboxylic acids is 1. The Kier molecular flexibility index (Phi) is 3.84. The summed E-state index contributed by atoms with van der Waals surface area (Å²) >= 11 is 0. The van der Waals surface area contributed by atoms with Gasteiger partial charge in [0.05, 0.1) is 4.92 Å². The minimum atomic E-state index is -0.487. The van der Waals surface area contributed by atoms with E-state index >= 15 is 0 Å². The third-order valence-electron chi connectivity index (χ3n) is 2.90. The van der Waals surface area contributed by atoms with E-state index in [9.17, 15) is 14.9 Å². The average molecular weight is 286 g/mol. The van der Waals surface area contributed by atoms with Gasteiger partial charge in [-0.25, -0.2) is 4.98 Å². The molecule has 0 saturated heterocycles. The first-order valence-corrected chi connectivity index (χ1v) is 6.17. The number of nitro benzene ring substituents is 1. The molecule has 3 N–H and O–H groups in total. The Bertz CT molecular complexity index is 708. The number of hydrogen-bond acceptors (Lipinski definition) is 5. The number of nitrogens with two attached hydrogens (primary N) is 1. The number of benzene rings is 1. The molecule has 108 valence electrons. The summed E-state index contributed by atoms with van der Waals surface area (Å²) in [6.07, 6.45) is 0. The molecule has 0 aliphatic rings. The van der Waals surface area contributed by atoms with Crippen molar-refractivity contribution in [2.45, 2.75) is 13.8 Å². The lowest BCUT2D eigenvalue weighted by Crippen LogP contribution is -2.13. The number of nitrogens with one attached hydrogen (secondary N) is 1. The Hall–Kier alpha value is -2.96. The maximum Gasteiger partial charge on any atom is 0.274 e. The number of pyridine rings is 1. The fourth-order valence-corrected chi connectivity index (χ4v) is 1.91. The van der Waals surface area contributed by atoms with E-state index in [1.165, 1.54) is 12.1 Å². The van der Waals surface area contributed by atoms with Crippen molar-refractivity contribution in [2.24, 2.45) is 0 Å². The maximum absolute atomic E-state index is 12.1. The highest BCUT2D eigenvalue weighted by Gasteiger charge is 2.13. The number of aryl methyl sites for hydroxylation is 2. The molecule has 2 rings (SSSR count). The fourth-order valence-electron chi connectivity index (χ4n) is 1.91. The molecule has 0 saturated carbocycles. The molecule has 0 fully saturated rings. The van der Waals surface area contributed by atoms with E-state index in [2.05, 4.69) is 10.3 Å². The number of nitrogen functional groups attached to an aromatic ring is 1. The molecule has 1 aromatic heterocycles. The topological polar surface area (TPSA) is 111 Å². The van der Waals surface area contributed by atoms with Crippen LogP contribution in [0, 0.1) is 24.0 Å². The second-order valence-electron chi connectivity index (χ2n) is 4.63. The first-order valence-electron chi connectivity index (χ1n) is 6.17. The van der Waals surface area contributed by atoms with Crippen LogP contribution in [0.15, 0.2) is 30.3 Å². The number of anilines is 2. The van der Waals surface area contributed by atoms with Crippen molar-refractivity contribution in [3.63, 3.8) is 0 Å². The van der Waals surface area contributed by atoms with E-state index in [1.807, 2.05) is 0 Å². The van der Waals surface area contributed by atoms with Crippen LogP contribution in [-0.2, 0) is 0 Å². The van der Waals surface area contributed by atoms with Gasteiger partial charge in [0, 0.05) is 28.6 Å². The van der Waals surface area contributed by atoms with E-state index in [0.717, 1.165) is 0 Å². The zero-order valence-electron chi connectivity index (χ0n) is 11.6. The summed E-state index contributed by atoms with van der Waals surface area (Å²) in [7, 11) is 0. The van der Waals surface area contributed by atoms with Gasteiger partial charge < -0.3 is 11.1 Å². The van der Waals surface area contributed by atoms with Gasteiger partial charge in [-0.1, -0.05) is 6.07 Å². The molecule has 0 spiro atoms. The number of hydrogen-bond donors (Lipinski definition) is 2. The third-order valence-corrected chi connectivity index (χ3v) is 2.90. The van der Waals surface area contributed by atoms with Crippen LogP contribution in [0.5, 0.6) is 0 Å². The van der Waals surface area contributed by atoms with E-state index in [0.29, 0.717) is 22.5 Å². The summed E-state index contributed by atoms with van der Waals surface area (Å²) in [6, 6.07) is 7.56. The summed E-state index contributed by atoms with van der Waals surface area (Å²) < 4.78 is 0. The molecule has 2 aromatic rings. The van der Waals surface area contributed by atoms with Gasteiger partial charge >= 0.3 is 0 Å². The van der Waals surface area contributed by atoms with Gasteiger partial charge in [-0.05, 0) is 32.0 Å². The minimum absolute atomic E-state index is 0.0433. The van der Waals surface area contributed by atoms with E-state index in [-0.39, 0.29) is 11.5 Å². The van der Waals surface area contributed by atoms with Crippen molar-refractivity contribution in [3.05, 3.63) is 57.3 Å². The van der Waals surface area contributed by atoms with E-state index in [4.69, 9.17) is 5.73 Å². The SMILES string of the molecule is Cc1cc(C(=O)Nc2ccc(C)c([N+](=O)[O-])c2)cc(N)n1. The monoisotopic (exact) mass is 286 g/mol. The number of nitro groups is 1. The first-order chi connectivity index (χ1) is 9.86. The zero-order valence-corrected chi connectivity index (χ0v) is 11.6. The van der Waals surface area contributed by atoms with Crippen LogP contribution in [0.25, 0.3) is 0 Å². The Balaban J connectivity index is 2.27.